The average molecular weight is 326 g/mol. The number of benzene rings is 1. The number of H-pyrrole nitrogens is 2. The van der Waals surface area contributed by atoms with Crippen molar-refractivity contribution in [3.05, 3.63) is 32.7 Å². The molecule has 4 N–H and O–H groups in total. The maximum absolute atomic E-state index is 11.3. The molecule has 1 aromatic carbocycles. The molecule has 2 heterocycles. The van der Waals surface area contributed by atoms with Gasteiger partial charge in [-0.15, -0.1) is 0 Å². The van der Waals surface area contributed by atoms with Gasteiger partial charge in [-0.3, -0.25) is 0 Å². The summed E-state index contributed by atoms with van der Waals surface area (Å²) in [7, 11) is 0. The molecule has 3 rings (SSSR count). The van der Waals surface area contributed by atoms with Gasteiger partial charge in [-0.2, -0.15) is 0 Å². The van der Waals surface area contributed by atoms with Gasteiger partial charge in [-0.05, 0) is 37.0 Å². The van der Waals surface area contributed by atoms with E-state index < -0.39 is 0 Å². The standard InChI is InChI=1S/C13H16BrN3O2/c14-8-6-10-9(16-13(18)17-10)5-7(8)12(15)11-3-1-2-4-19-11/h5-6,11-12H,1-4,15H2,(H2,16,17,18). The Bertz CT molecular complexity index is 643. The Balaban J connectivity index is 1.98. The van der Waals surface area contributed by atoms with Crippen LogP contribution in [0.1, 0.15) is 30.9 Å². The number of nitrogens with two attached hydrogens (primary N) is 1. The molecule has 0 amide bonds. The maximum Gasteiger partial charge on any atom is 0.323 e. The van der Waals surface area contributed by atoms with E-state index >= 15 is 0 Å². The number of hydrogen-bond acceptors (Lipinski definition) is 3. The first kappa shape index (κ1) is 12.9. The fourth-order valence-corrected chi connectivity index (χ4v) is 3.18. The first-order valence-electron chi connectivity index (χ1n) is 6.44. The molecule has 0 radical (unpaired) electrons. The first-order valence-corrected chi connectivity index (χ1v) is 7.23. The fourth-order valence-electron chi connectivity index (χ4n) is 2.58. The molecular weight excluding hydrogens is 310 g/mol. The molecule has 1 aliphatic heterocycles. The van der Waals surface area contributed by atoms with Crippen molar-refractivity contribution in [3.8, 4) is 0 Å². The van der Waals surface area contributed by atoms with Gasteiger partial charge in [0.1, 0.15) is 0 Å². The van der Waals surface area contributed by atoms with Crippen LogP contribution in [0, 0.1) is 0 Å². The predicted molar refractivity (Wildman–Crippen MR) is 77.1 cm³/mol. The minimum absolute atomic E-state index is 0.0492. The fraction of sp³-hybridized carbons (Fsp3) is 0.462. The highest BCUT2D eigenvalue weighted by atomic mass is 79.9. The van der Waals surface area contributed by atoms with Gasteiger partial charge in [-0.1, -0.05) is 15.9 Å². The average Bonchev–Trinajstić information content (AvgIpc) is 2.77. The van der Waals surface area contributed by atoms with Gasteiger partial charge in [0.15, 0.2) is 0 Å². The summed E-state index contributed by atoms with van der Waals surface area (Å²) in [6.45, 7) is 0.777. The van der Waals surface area contributed by atoms with E-state index in [1.165, 1.54) is 0 Å². The first-order chi connectivity index (χ1) is 9.15. The van der Waals surface area contributed by atoms with Crippen LogP contribution in [0.15, 0.2) is 21.4 Å². The van der Waals surface area contributed by atoms with Crippen molar-refractivity contribution in [1.82, 2.24) is 9.97 Å². The van der Waals surface area contributed by atoms with Crippen LogP contribution in [-0.2, 0) is 4.74 Å². The van der Waals surface area contributed by atoms with Crippen molar-refractivity contribution in [2.24, 2.45) is 5.73 Å². The number of hydrogen-bond donors (Lipinski definition) is 3. The summed E-state index contributed by atoms with van der Waals surface area (Å²) in [5.74, 6) is 0. The third-order valence-corrected chi connectivity index (χ3v) is 4.29. The molecule has 0 spiro atoms. The van der Waals surface area contributed by atoms with E-state index in [1.807, 2.05) is 12.1 Å². The van der Waals surface area contributed by atoms with Crippen LogP contribution in [0.4, 0.5) is 0 Å². The van der Waals surface area contributed by atoms with E-state index in [4.69, 9.17) is 10.5 Å². The smallest absolute Gasteiger partial charge is 0.323 e. The van der Waals surface area contributed by atoms with Gasteiger partial charge >= 0.3 is 5.69 Å². The van der Waals surface area contributed by atoms with E-state index in [0.29, 0.717) is 0 Å². The zero-order chi connectivity index (χ0) is 13.4. The van der Waals surface area contributed by atoms with Crippen molar-refractivity contribution in [3.63, 3.8) is 0 Å². The summed E-state index contributed by atoms with van der Waals surface area (Å²) < 4.78 is 6.64. The Morgan fingerprint density at radius 2 is 2.05 bits per heavy atom. The van der Waals surface area contributed by atoms with Crippen molar-refractivity contribution in [2.75, 3.05) is 6.61 Å². The van der Waals surface area contributed by atoms with Gasteiger partial charge in [0.2, 0.25) is 0 Å². The molecule has 1 aliphatic rings. The van der Waals surface area contributed by atoms with Crippen LogP contribution in [0.5, 0.6) is 0 Å². The molecule has 2 atom stereocenters. The summed E-state index contributed by atoms with van der Waals surface area (Å²) in [6.07, 6.45) is 3.29. The summed E-state index contributed by atoms with van der Waals surface area (Å²) in [5.41, 5.74) is 8.62. The third-order valence-electron chi connectivity index (χ3n) is 3.61. The number of ether oxygens (including phenoxy) is 1. The highest BCUT2D eigenvalue weighted by molar-refractivity contribution is 9.10. The largest absolute Gasteiger partial charge is 0.376 e. The molecule has 19 heavy (non-hydrogen) atoms. The maximum atomic E-state index is 11.3. The molecule has 0 saturated carbocycles. The minimum Gasteiger partial charge on any atom is -0.376 e. The van der Waals surface area contributed by atoms with E-state index in [-0.39, 0.29) is 17.8 Å². The number of imidazole rings is 1. The summed E-state index contributed by atoms with van der Waals surface area (Å²) in [4.78, 5) is 16.8. The highest BCUT2D eigenvalue weighted by Crippen LogP contribution is 2.31. The van der Waals surface area contributed by atoms with E-state index in [2.05, 4.69) is 25.9 Å². The molecule has 2 unspecified atom stereocenters. The highest BCUT2D eigenvalue weighted by Gasteiger charge is 2.24. The van der Waals surface area contributed by atoms with Gasteiger partial charge in [0.25, 0.3) is 0 Å². The molecule has 5 nitrogen and oxygen atoms in total. The molecule has 2 aromatic rings. The predicted octanol–water partition coefficient (Wildman–Crippen LogP) is 2.19. The number of aromatic amines is 2. The Labute approximate surface area is 118 Å². The van der Waals surface area contributed by atoms with Gasteiger partial charge in [-0.25, -0.2) is 4.79 Å². The Kier molecular flexibility index (Phi) is 3.47. The van der Waals surface area contributed by atoms with Crippen LogP contribution in [0.2, 0.25) is 0 Å². The van der Waals surface area contributed by atoms with E-state index in [9.17, 15) is 4.79 Å². The summed E-state index contributed by atoms with van der Waals surface area (Å²) >= 11 is 3.52. The lowest BCUT2D eigenvalue weighted by atomic mass is 9.96. The SMILES string of the molecule is NC(c1cc2[nH]c(=O)[nH]c2cc1Br)C1CCCCO1. The van der Waals surface area contributed by atoms with Gasteiger partial charge < -0.3 is 20.4 Å². The summed E-state index contributed by atoms with van der Waals surface area (Å²) in [6, 6.07) is 3.61. The number of rotatable bonds is 2. The molecule has 0 bridgehead atoms. The molecule has 6 heteroatoms. The second-order valence-electron chi connectivity index (χ2n) is 4.93. The molecule has 102 valence electrons. The lowest BCUT2D eigenvalue weighted by molar-refractivity contribution is -0.0000920. The third kappa shape index (κ3) is 2.48. The van der Waals surface area contributed by atoms with Crippen molar-refractivity contribution >= 4 is 27.0 Å². The van der Waals surface area contributed by atoms with E-state index in [1.54, 1.807) is 0 Å². The van der Waals surface area contributed by atoms with Crippen molar-refractivity contribution in [1.29, 1.82) is 0 Å². The number of fused-ring (bicyclic) bond motifs is 1. The Morgan fingerprint density at radius 1 is 1.32 bits per heavy atom. The number of nitrogens with one attached hydrogen (secondary N) is 2. The number of halogens is 1. The minimum atomic E-state index is -0.207. The number of aromatic nitrogens is 2. The second kappa shape index (κ2) is 5.11. The molecule has 0 aliphatic carbocycles. The second-order valence-corrected chi connectivity index (χ2v) is 5.78. The topological polar surface area (TPSA) is 83.9 Å². The molecule has 1 fully saturated rings. The van der Waals surface area contributed by atoms with Crippen LogP contribution < -0.4 is 11.4 Å². The van der Waals surface area contributed by atoms with Gasteiger partial charge in [0.05, 0.1) is 23.2 Å². The molecular formula is C13H16BrN3O2. The lowest BCUT2D eigenvalue weighted by Gasteiger charge is -2.28. The Hall–Kier alpha value is -1.11. The van der Waals surface area contributed by atoms with Crippen molar-refractivity contribution < 1.29 is 4.74 Å². The van der Waals surface area contributed by atoms with Crippen LogP contribution in [-0.4, -0.2) is 22.7 Å². The monoisotopic (exact) mass is 325 g/mol. The van der Waals surface area contributed by atoms with Crippen molar-refractivity contribution in [2.45, 2.75) is 31.4 Å². The van der Waals surface area contributed by atoms with Crippen LogP contribution >= 0.6 is 15.9 Å². The zero-order valence-corrected chi connectivity index (χ0v) is 12.0. The van der Waals surface area contributed by atoms with Crippen LogP contribution in [0.3, 0.4) is 0 Å². The normalized spacial score (nSPS) is 21.7. The van der Waals surface area contributed by atoms with E-state index in [0.717, 1.165) is 46.9 Å². The molecule has 1 aromatic heterocycles. The quantitative estimate of drug-likeness (QED) is 0.791. The Morgan fingerprint density at radius 3 is 2.74 bits per heavy atom. The van der Waals surface area contributed by atoms with Gasteiger partial charge in [0, 0.05) is 11.1 Å². The van der Waals surface area contributed by atoms with Crippen LogP contribution in [0.25, 0.3) is 11.0 Å². The lowest BCUT2D eigenvalue weighted by Crippen LogP contribution is -2.32. The zero-order valence-electron chi connectivity index (χ0n) is 10.4. The molecule has 1 saturated heterocycles. The summed E-state index contributed by atoms with van der Waals surface area (Å²) in [5, 5.41) is 0.